The Bertz CT molecular complexity index is 532. The van der Waals surface area contributed by atoms with Crippen molar-refractivity contribution in [1.82, 2.24) is 16.0 Å². The Labute approximate surface area is 149 Å². The molecule has 7 heteroatoms. The third-order valence-electron chi connectivity index (χ3n) is 3.03. The highest BCUT2D eigenvalue weighted by Gasteiger charge is 2.07. The van der Waals surface area contributed by atoms with E-state index in [1.807, 2.05) is 32.9 Å². The molecule has 0 aliphatic carbocycles. The highest BCUT2D eigenvalue weighted by Crippen LogP contribution is 2.16. The third-order valence-corrected chi connectivity index (χ3v) is 3.28. The van der Waals surface area contributed by atoms with E-state index in [9.17, 15) is 4.79 Å². The number of rotatable bonds is 8. The van der Waals surface area contributed by atoms with Crippen LogP contribution in [0.3, 0.4) is 0 Å². The molecule has 0 bridgehead atoms. The van der Waals surface area contributed by atoms with Gasteiger partial charge in [-0.05, 0) is 45.0 Å². The first-order valence-electron chi connectivity index (χ1n) is 8.06. The summed E-state index contributed by atoms with van der Waals surface area (Å²) >= 11 is 5.85. The minimum absolute atomic E-state index is 0.0207. The number of carbonyl (C=O) groups excluding carboxylic acids is 1. The van der Waals surface area contributed by atoms with E-state index in [2.05, 4.69) is 20.9 Å². The second-order valence-corrected chi connectivity index (χ2v) is 6.17. The summed E-state index contributed by atoms with van der Waals surface area (Å²) in [6.45, 7) is 6.94. The average molecular weight is 355 g/mol. The molecule has 1 aromatic carbocycles. The van der Waals surface area contributed by atoms with Gasteiger partial charge in [0.25, 0.3) is 0 Å². The van der Waals surface area contributed by atoms with Crippen molar-refractivity contribution in [3.05, 3.63) is 29.3 Å². The fraction of sp³-hybridized carbons (Fsp3) is 0.529. The molecule has 0 aliphatic heterocycles. The number of carbonyl (C=O) groups is 1. The van der Waals surface area contributed by atoms with Crippen LogP contribution in [0.15, 0.2) is 29.3 Å². The lowest BCUT2D eigenvalue weighted by Crippen LogP contribution is -2.43. The summed E-state index contributed by atoms with van der Waals surface area (Å²) in [7, 11) is 1.69. The van der Waals surface area contributed by atoms with E-state index in [4.69, 9.17) is 16.3 Å². The number of ether oxygens (including phenoxy) is 1. The molecule has 0 spiro atoms. The van der Waals surface area contributed by atoms with Gasteiger partial charge in [0.1, 0.15) is 11.9 Å². The molecule has 3 N–H and O–H groups in total. The van der Waals surface area contributed by atoms with E-state index in [1.165, 1.54) is 0 Å². The van der Waals surface area contributed by atoms with Gasteiger partial charge in [0.15, 0.2) is 5.96 Å². The van der Waals surface area contributed by atoms with E-state index in [1.54, 1.807) is 19.2 Å². The van der Waals surface area contributed by atoms with Crippen molar-refractivity contribution in [3.8, 4) is 5.75 Å². The van der Waals surface area contributed by atoms with Crippen LogP contribution < -0.4 is 20.7 Å². The number of hydrogen-bond acceptors (Lipinski definition) is 3. The maximum absolute atomic E-state index is 11.6. The van der Waals surface area contributed by atoms with Crippen LogP contribution in [0.1, 0.15) is 27.2 Å². The smallest absolute Gasteiger partial charge is 0.221 e. The Morgan fingerprint density at radius 1 is 1.21 bits per heavy atom. The molecule has 0 radical (unpaired) electrons. The molecule has 1 amide bonds. The van der Waals surface area contributed by atoms with Crippen molar-refractivity contribution in [3.63, 3.8) is 0 Å². The zero-order chi connectivity index (χ0) is 17.9. The van der Waals surface area contributed by atoms with Crippen LogP contribution in [0.4, 0.5) is 0 Å². The predicted octanol–water partition coefficient (Wildman–Crippen LogP) is 2.19. The standard InChI is InChI=1S/C17H27ClN4O2/c1-12(2)22-16(23)9-10-20-17(19-4)21-11-13(3)24-15-7-5-14(18)6-8-15/h5-8,12-13H,9-11H2,1-4H3,(H,22,23)(H2,19,20,21). The molecule has 0 aromatic heterocycles. The van der Waals surface area contributed by atoms with Crippen LogP contribution in [0.5, 0.6) is 5.75 Å². The number of guanidine groups is 1. The maximum atomic E-state index is 11.6. The second kappa shape index (κ2) is 10.8. The summed E-state index contributed by atoms with van der Waals surface area (Å²) in [5.74, 6) is 1.42. The number of halogens is 1. The average Bonchev–Trinajstić information content (AvgIpc) is 2.52. The van der Waals surface area contributed by atoms with Gasteiger partial charge in [-0.2, -0.15) is 0 Å². The molecule has 0 saturated heterocycles. The highest BCUT2D eigenvalue weighted by atomic mass is 35.5. The molecule has 6 nitrogen and oxygen atoms in total. The molecule has 0 saturated carbocycles. The molecule has 0 aliphatic rings. The Balaban J connectivity index is 2.27. The van der Waals surface area contributed by atoms with Crippen molar-refractivity contribution in [2.45, 2.75) is 39.3 Å². The van der Waals surface area contributed by atoms with Crippen molar-refractivity contribution in [2.75, 3.05) is 20.1 Å². The normalized spacial score (nSPS) is 12.7. The number of nitrogens with one attached hydrogen (secondary N) is 3. The molecule has 0 heterocycles. The van der Waals surface area contributed by atoms with Gasteiger partial charge in [-0.1, -0.05) is 11.6 Å². The van der Waals surface area contributed by atoms with Crippen LogP contribution in [0.2, 0.25) is 5.02 Å². The van der Waals surface area contributed by atoms with Gasteiger partial charge < -0.3 is 20.7 Å². The zero-order valence-electron chi connectivity index (χ0n) is 14.7. The summed E-state index contributed by atoms with van der Waals surface area (Å²) in [4.78, 5) is 15.7. The van der Waals surface area contributed by atoms with E-state index >= 15 is 0 Å². The minimum atomic E-state index is -0.0473. The van der Waals surface area contributed by atoms with Crippen LogP contribution in [0, 0.1) is 0 Å². The summed E-state index contributed by atoms with van der Waals surface area (Å²) < 4.78 is 5.78. The predicted molar refractivity (Wildman–Crippen MR) is 98.8 cm³/mol. The summed E-state index contributed by atoms with van der Waals surface area (Å²) in [6, 6.07) is 7.40. The highest BCUT2D eigenvalue weighted by molar-refractivity contribution is 6.30. The summed E-state index contributed by atoms with van der Waals surface area (Å²) in [6.07, 6.45) is 0.351. The first-order chi connectivity index (χ1) is 11.4. The molecule has 1 rings (SSSR count). The van der Waals surface area contributed by atoms with Crippen molar-refractivity contribution in [1.29, 1.82) is 0 Å². The van der Waals surface area contributed by atoms with Gasteiger partial charge >= 0.3 is 0 Å². The Morgan fingerprint density at radius 2 is 1.88 bits per heavy atom. The van der Waals surface area contributed by atoms with Gasteiger partial charge in [-0.15, -0.1) is 0 Å². The third kappa shape index (κ3) is 8.62. The van der Waals surface area contributed by atoms with Gasteiger partial charge in [0.2, 0.25) is 5.91 Å². The SMILES string of the molecule is CN=C(NCCC(=O)NC(C)C)NCC(C)Oc1ccc(Cl)cc1. The molecule has 1 atom stereocenters. The zero-order valence-corrected chi connectivity index (χ0v) is 15.5. The lowest BCUT2D eigenvalue weighted by molar-refractivity contribution is -0.121. The van der Waals surface area contributed by atoms with Crippen molar-refractivity contribution in [2.24, 2.45) is 4.99 Å². The first-order valence-corrected chi connectivity index (χ1v) is 8.44. The van der Waals surface area contributed by atoms with E-state index < -0.39 is 0 Å². The lowest BCUT2D eigenvalue weighted by atomic mass is 10.3. The number of hydrogen-bond donors (Lipinski definition) is 3. The quantitative estimate of drug-likeness (QED) is 0.494. The fourth-order valence-corrected chi connectivity index (χ4v) is 2.06. The van der Waals surface area contributed by atoms with Gasteiger partial charge in [-0.3, -0.25) is 9.79 Å². The fourth-order valence-electron chi connectivity index (χ4n) is 1.94. The van der Waals surface area contributed by atoms with Crippen LogP contribution >= 0.6 is 11.6 Å². The maximum Gasteiger partial charge on any atom is 0.221 e. The van der Waals surface area contributed by atoms with Crippen molar-refractivity contribution < 1.29 is 9.53 Å². The molecule has 1 aromatic rings. The molecular formula is C17H27ClN4O2. The minimum Gasteiger partial charge on any atom is -0.489 e. The largest absolute Gasteiger partial charge is 0.489 e. The lowest BCUT2D eigenvalue weighted by Gasteiger charge is -2.18. The van der Waals surface area contributed by atoms with Gasteiger partial charge in [-0.25, -0.2) is 0 Å². The topological polar surface area (TPSA) is 74.8 Å². The number of benzene rings is 1. The number of aliphatic imine (C=N–C) groups is 1. The Kier molecular flexibility index (Phi) is 9.01. The van der Waals surface area contributed by atoms with Crippen LogP contribution in [0.25, 0.3) is 0 Å². The van der Waals surface area contributed by atoms with Gasteiger partial charge in [0.05, 0.1) is 6.54 Å². The van der Waals surface area contributed by atoms with Gasteiger partial charge in [0, 0.05) is 31.1 Å². The molecule has 0 fully saturated rings. The number of nitrogens with zero attached hydrogens (tertiary/aromatic N) is 1. The molecule has 24 heavy (non-hydrogen) atoms. The monoisotopic (exact) mass is 354 g/mol. The second-order valence-electron chi connectivity index (χ2n) is 5.73. The summed E-state index contributed by atoms with van der Waals surface area (Å²) in [5, 5.41) is 9.80. The van der Waals surface area contributed by atoms with Crippen LogP contribution in [-0.2, 0) is 4.79 Å². The Morgan fingerprint density at radius 3 is 2.46 bits per heavy atom. The summed E-state index contributed by atoms with van der Waals surface area (Å²) in [5.41, 5.74) is 0. The Hall–Kier alpha value is -1.95. The van der Waals surface area contributed by atoms with E-state index in [-0.39, 0.29) is 18.1 Å². The first kappa shape index (κ1) is 20.1. The van der Waals surface area contributed by atoms with E-state index in [0.717, 1.165) is 5.75 Å². The van der Waals surface area contributed by atoms with E-state index in [0.29, 0.717) is 30.5 Å². The molecule has 134 valence electrons. The number of amides is 1. The molecular weight excluding hydrogens is 328 g/mol. The molecule has 1 unspecified atom stereocenters. The van der Waals surface area contributed by atoms with Crippen molar-refractivity contribution >= 4 is 23.5 Å². The van der Waals surface area contributed by atoms with Crippen LogP contribution in [-0.4, -0.2) is 44.1 Å².